The van der Waals surface area contributed by atoms with Gasteiger partial charge in [0.05, 0.1) is 19.9 Å². The van der Waals surface area contributed by atoms with Gasteiger partial charge >= 0.3 is 0 Å². The lowest BCUT2D eigenvalue weighted by Gasteiger charge is -2.23. The largest absolute Gasteiger partial charge is 0.497 e. The van der Waals surface area contributed by atoms with Gasteiger partial charge in [0.15, 0.2) is 0 Å². The molecular formula is C22H27N3O4. The maximum absolute atomic E-state index is 12.6. The molecule has 0 aliphatic carbocycles. The fraction of sp³-hybridized carbons (Fsp3) is 0.364. The van der Waals surface area contributed by atoms with E-state index in [0.29, 0.717) is 22.9 Å². The molecule has 7 nitrogen and oxygen atoms in total. The van der Waals surface area contributed by atoms with E-state index in [1.54, 1.807) is 25.3 Å². The molecule has 2 aromatic rings. The van der Waals surface area contributed by atoms with Crippen LogP contribution in [0.1, 0.15) is 19.8 Å². The molecule has 0 atom stereocenters. The van der Waals surface area contributed by atoms with Crippen LogP contribution in [0, 0.1) is 0 Å². The lowest BCUT2D eigenvalue weighted by atomic mass is 10.2. The highest BCUT2D eigenvalue weighted by molar-refractivity contribution is 6.02. The van der Waals surface area contributed by atoms with Crippen molar-refractivity contribution in [3.63, 3.8) is 0 Å². The van der Waals surface area contributed by atoms with E-state index in [4.69, 9.17) is 9.47 Å². The second kappa shape index (κ2) is 9.32. The van der Waals surface area contributed by atoms with Crippen molar-refractivity contribution in [3.8, 4) is 11.5 Å². The highest BCUT2D eigenvalue weighted by atomic mass is 16.5. The van der Waals surface area contributed by atoms with Gasteiger partial charge in [0.25, 0.3) is 0 Å². The van der Waals surface area contributed by atoms with Crippen LogP contribution in [0.2, 0.25) is 0 Å². The summed E-state index contributed by atoms with van der Waals surface area (Å²) in [5.41, 5.74) is 2.37. The Morgan fingerprint density at radius 1 is 1.03 bits per heavy atom. The van der Waals surface area contributed by atoms with E-state index in [0.717, 1.165) is 18.8 Å². The number of hydrogen-bond donors (Lipinski definition) is 1. The summed E-state index contributed by atoms with van der Waals surface area (Å²) in [5, 5.41) is 2.86. The van der Waals surface area contributed by atoms with Crippen LogP contribution in [-0.2, 0) is 9.59 Å². The zero-order valence-corrected chi connectivity index (χ0v) is 17.1. The van der Waals surface area contributed by atoms with E-state index in [-0.39, 0.29) is 18.4 Å². The number of benzene rings is 2. The molecule has 0 radical (unpaired) electrons. The Morgan fingerprint density at radius 3 is 2.31 bits per heavy atom. The summed E-state index contributed by atoms with van der Waals surface area (Å²) in [7, 11) is 3.07. The van der Waals surface area contributed by atoms with Crippen LogP contribution in [0.3, 0.4) is 0 Å². The number of hydrogen-bond acceptors (Lipinski definition) is 5. The van der Waals surface area contributed by atoms with Crippen molar-refractivity contribution in [3.05, 3.63) is 42.5 Å². The molecule has 3 rings (SSSR count). The van der Waals surface area contributed by atoms with E-state index < -0.39 is 0 Å². The van der Waals surface area contributed by atoms with Gasteiger partial charge in [0.2, 0.25) is 11.8 Å². The van der Waals surface area contributed by atoms with Crippen molar-refractivity contribution in [1.82, 2.24) is 0 Å². The number of ether oxygens (including phenoxy) is 2. The summed E-state index contributed by atoms with van der Waals surface area (Å²) in [4.78, 5) is 28.5. The Kier molecular flexibility index (Phi) is 6.59. The summed E-state index contributed by atoms with van der Waals surface area (Å²) in [6, 6.07) is 12.9. The molecule has 1 fully saturated rings. The standard InChI is InChI=1S/C22H27N3O4/c1-16(26)25(20-11-10-19(28-2)14-21(20)29-3)15-22(27)23-17-6-8-18(9-7-17)24-12-4-5-13-24/h6-11,14H,4-5,12-13,15H2,1-3H3,(H,23,27). The van der Waals surface area contributed by atoms with Crippen LogP contribution in [0.5, 0.6) is 11.5 Å². The molecular weight excluding hydrogens is 370 g/mol. The van der Waals surface area contributed by atoms with Gasteiger partial charge in [-0.05, 0) is 49.2 Å². The van der Waals surface area contributed by atoms with E-state index >= 15 is 0 Å². The molecule has 0 bridgehead atoms. The molecule has 1 heterocycles. The van der Waals surface area contributed by atoms with Gasteiger partial charge in [0.1, 0.15) is 18.0 Å². The number of nitrogens with zero attached hydrogens (tertiary/aromatic N) is 2. The molecule has 1 saturated heterocycles. The van der Waals surface area contributed by atoms with Gasteiger partial charge < -0.3 is 19.7 Å². The molecule has 1 aliphatic heterocycles. The quantitative estimate of drug-likeness (QED) is 0.776. The molecule has 0 aromatic heterocycles. The third kappa shape index (κ3) is 4.99. The number of carbonyl (C=O) groups excluding carboxylic acids is 2. The SMILES string of the molecule is COc1ccc(N(CC(=O)Nc2ccc(N3CCCC3)cc2)C(C)=O)c(OC)c1. The molecule has 29 heavy (non-hydrogen) atoms. The third-order valence-corrected chi connectivity index (χ3v) is 4.98. The zero-order valence-electron chi connectivity index (χ0n) is 17.1. The molecule has 1 aliphatic rings. The molecule has 0 unspecified atom stereocenters. The maximum atomic E-state index is 12.6. The van der Waals surface area contributed by atoms with Crippen LogP contribution < -0.4 is 24.6 Å². The first-order valence-corrected chi connectivity index (χ1v) is 9.67. The Labute approximate surface area is 171 Å². The molecule has 7 heteroatoms. The first-order valence-electron chi connectivity index (χ1n) is 9.67. The normalized spacial score (nSPS) is 13.1. The van der Waals surface area contributed by atoms with E-state index in [9.17, 15) is 9.59 Å². The van der Waals surface area contributed by atoms with Gasteiger partial charge in [-0.25, -0.2) is 0 Å². The number of amides is 2. The zero-order chi connectivity index (χ0) is 20.8. The van der Waals surface area contributed by atoms with E-state index in [1.807, 2.05) is 24.3 Å². The first-order chi connectivity index (χ1) is 14.0. The predicted octanol–water partition coefficient (Wildman–Crippen LogP) is 3.30. The third-order valence-electron chi connectivity index (χ3n) is 4.98. The maximum Gasteiger partial charge on any atom is 0.244 e. The van der Waals surface area contributed by atoms with Gasteiger partial charge in [0, 0.05) is 37.5 Å². The van der Waals surface area contributed by atoms with Gasteiger partial charge in [-0.3, -0.25) is 14.5 Å². The topological polar surface area (TPSA) is 71.1 Å². The summed E-state index contributed by atoms with van der Waals surface area (Å²) < 4.78 is 10.6. The van der Waals surface area contributed by atoms with E-state index in [1.165, 1.54) is 31.8 Å². The van der Waals surface area contributed by atoms with Crippen molar-refractivity contribution in [2.45, 2.75) is 19.8 Å². The minimum Gasteiger partial charge on any atom is -0.497 e. The number of rotatable bonds is 7. The Balaban J connectivity index is 1.69. The molecule has 2 amide bonds. The fourth-order valence-electron chi connectivity index (χ4n) is 3.45. The number of methoxy groups -OCH3 is 2. The van der Waals surface area contributed by atoms with Crippen molar-refractivity contribution in [1.29, 1.82) is 0 Å². The van der Waals surface area contributed by atoms with Crippen LogP contribution in [0.25, 0.3) is 0 Å². The summed E-state index contributed by atoms with van der Waals surface area (Å²) in [6.45, 7) is 3.44. The smallest absolute Gasteiger partial charge is 0.244 e. The van der Waals surface area contributed by atoms with Gasteiger partial charge in [-0.15, -0.1) is 0 Å². The molecule has 0 spiro atoms. The molecule has 154 valence electrons. The Bertz CT molecular complexity index is 861. The lowest BCUT2D eigenvalue weighted by molar-refractivity contribution is -0.120. The molecule has 1 N–H and O–H groups in total. The molecule has 0 saturated carbocycles. The number of carbonyl (C=O) groups is 2. The Hall–Kier alpha value is -3.22. The second-order valence-corrected chi connectivity index (χ2v) is 6.93. The second-order valence-electron chi connectivity index (χ2n) is 6.93. The summed E-state index contributed by atoms with van der Waals surface area (Å²) >= 11 is 0. The van der Waals surface area contributed by atoms with Crippen molar-refractivity contribution < 1.29 is 19.1 Å². The van der Waals surface area contributed by atoms with Gasteiger partial charge in [-0.2, -0.15) is 0 Å². The summed E-state index contributed by atoms with van der Waals surface area (Å²) in [5.74, 6) is 0.527. The minimum atomic E-state index is -0.285. The van der Waals surface area contributed by atoms with E-state index in [2.05, 4.69) is 10.2 Å². The minimum absolute atomic E-state index is 0.119. The average molecular weight is 397 g/mol. The average Bonchev–Trinajstić information content (AvgIpc) is 3.27. The lowest BCUT2D eigenvalue weighted by Crippen LogP contribution is -2.36. The van der Waals surface area contributed by atoms with Crippen molar-refractivity contribution in [2.24, 2.45) is 0 Å². The monoisotopic (exact) mass is 397 g/mol. The van der Waals surface area contributed by atoms with Crippen molar-refractivity contribution in [2.75, 3.05) is 49.0 Å². The van der Waals surface area contributed by atoms with Crippen molar-refractivity contribution >= 4 is 28.9 Å². The Morgan fingerprint density at radius 2 is 1.72 bits per heavy atom. The summed E-state index contributed by atoms with van der Waals surface area (Å²) in [6.07, 6.45) is 2.43. The number of anilines is 3. The highest BCUT2D eigenvalue weighted by Crippen LogP contribution is 2.32. The van der Waals surface area contributed by atoms with Crippen LogP contribution in [0.4, 0.5) is 17.1 Å². The first kappa shape index (κ1) is 20.5. The van der Waals surface area contributed by atoms with Gasteiger partial charge in [-0.1, -0.05) is 0 Å². The van der Waals surface area contributed by atoms with Crippen LogP contribution in [0.15, 0.2) is 42.5 Å². The highest BCUT2D eigenvalue weighted by Gasteiger charge is 2.20. The number of nitrogens with one attached hydrogen (secondary N) is 1. The molecule has 2 aromatic carbocycles. The van der Waals surface area contributed by atoms with Crippen LogP contribution >= 0.6 is 0 Å². The van der Waals surface area contributed by atoms with Crippen LogP contribution in [-0.4, -0.2) is 45.7 Å². The predicted molar refractivity (Wildman–Crippen MR) is 114 cm³/mol. The fourth-order valence-corrected chi connectivity index (χ4v) is 3.45.